The lowest BCUT2D eigenvalue weighted by Crippen LogP contribution is -2.30. The molecule has 6 nitrogen and oxygen atoms in total. The molecule has 1 atom stereocenters. The third kappa shape index (κ3) is 64.9. The van der Waals surface area contributed by atoms with Crippen molar-refractivity contribution in [2.75, 3.05) is 13.2 Å². The Morgan fingerprint density at radius 3 is 0.649 bits per heavy atom. The lowest BCUT2D eigenvalue weighted by atomic mass is 10.0. The first-order valence-electron chi connectivity index (χ1n) is 35.2. The van der Waals surface area contributed by atoms with Gasteiger partial charge in [-0.2, -0.15) is 0 Å². The van der Waals surface area contributed by atoms with Gasteiger partial charge in [0.25, 0.3) is 0 Å². The third-order valence-electron chi connectivity index (χ3n) is 16.3. The third-order valence-corrected chi connectivity index (χ3v) is 16.3. The van der Waals surface area contributed by atoms with E-state index in [0.717, 1.165) is 64.2 Å². The van der Waals surface area contributed by atoms with Crippen LogP contribution >= 0.6 is 0 Å². The fourth-order valence-corrected chi connectivity index (χ4v) is 11.0. The minimum absolute atomic E-state index is 0.0667. The second kappa shape index (κ2) is 66.7. The molecule has 0 N–H and O–H groups in total. The van der Waals surface area contributed by atoms with Gasteiger partial charge in [-0.3, -0.25) is 14.4 Å². The number of rotatable bonds is 66. The number of esters is 3. The van der Waals surface area contributed by atoms with E-state index in [9.17, 15) is 14.4 Å². The van der Waals surface area contributed by atoms with E-state index in [0.29, 0.717) is 19.3 Å². The average Bonchev–Trinajstić information content (AvgIpc) is 3.43. The molecule has 0 aromatic heterocycles. The molecule has 0 aliphatic rings. The van der Waals surface area contributed by atoms with Gasteiger partial charge in [0.2, 0.25) is 0 Å². The highest BCUT2D eigenvalue weighted by molar-refractivity contribution is 5.71. The molecular weight excluding hydrogens is 949 g/mol. The van der Waals surface area contributed by atoms with Gasteiger partial charge in [0, 0.05) is 19.3 Å². The highest BCUT2D eigenvalue weighted by atomic mass is 16.6. The molecule has 0 radical (unpaired) electrons. The van der Waals surface area contributed by atoms with Crippen LogP contribution in [0.1, 0.15) is 406 Å². The van der Waals surface area contributed by atoms with Gasteiger partial charge >= 0.3 is 17.9 Å². The Kier molecular flexibility index (Phi) is 65.1. The number of unbranched alkanes of at least 4 members (excludes halogenated alkanes) is 53. The van der Waals surface area contributed by atoms with Crippen LogP contribution in [0.15, 0.2) is 12.2 Å². The van der Waals surface area contributed by atoms with Crippen molar-refractivity contribution < 1.29 is 28.6 Å². The number of hydrogen-bond acceptors (Lipinski definition) is 6. The van der Waals surface area contributed by atoms with Gasteiger partial charge in [0.15, 0.2) is 6.10 Å². The quantitative estimate of drug-likeness (QED) is 0.0261. The zero-order chi connectivity index (χ0) is 55.7. The summed E-state index contributed by atoms with van der Waals surface area (Å²) in [6.07, 6.45) is 79.6. The normalized spacial score (nSPS) is 12.0. The van der Waals surface area contributed by atoms with Crippen LogP contribution in [0.25, 0.3) is 0 Å². The second-order valence-electron chi connectivity index (χ2n) is 24.2. The molecule has 0 aliphatic heterocycles. The second-order valence-corrected chi connectivity index (χ2v) is 24.2. The standard InChI is InChI=1S/C71H136O6/c1-4-7-10-13-16-19-22-25-28-30-31-32-33-34-35-36-37-38-39-40-41-42-44-46-49-52-55-58-61-64-70(73)76-67-68(66-75-69(72)63-60-57-54-51-48-45-27-24-21-18-15-12-9-6-3)77-71(74)65-62-59-56-53-50-47-43-29-26-23-20-17-14-11-8-5-2/h29,43,68H,4-28,30-42,44-67H2,1-3H3/b43-29-. The fraction of sp³-hybridized carbons (Fsp3) is 0.930. The maximum absolute atomic E-state index is 12.9. The number of allylic oxidation sites excluding steroid dienone is 2. The number of carbonyl (C=O) groups excluding carboxylic acids is 3. The van der Waals surface area contributed by atoms with Crippen LogP contribution in [0.3, 0.4) is 0 Å². The summed E-state index contributed by atoms with van der Waals surface area (Å²) in [4.78, 5) is 38.4. The van der Waals surface area contributed by atoms with Crippen LogP contribution in [0.2, 0.25) is 0 Å². The largest absolute Gasteiger partial charge is 0.462 e. The Morgan fingerprint density at radius 1 is 0.247 bits per heavy atom. The van der Waals surface area contributed by atoms with Gasteiger partial charge in [0.05, 0.1) is 0 Å². The predicted octanol–water partition coefficient (Wildman–Crippen LogP) is 24.0. The van der Waals surface area contributed by atoms with Crippen molar-refractivity contribution >= 4 is 17.9 Å². The van der Waals surface area contributed by atoms with E-state index in [-0.39, 0.29) is 31.1 Å². The van der Waals surface area contributed by atoms with E-state index < -0.39 is 6.10 Å². The van der Waals surface area contributed by atoms with Crippen molar-refractivity contribution in [2.45, 2.75) is 412 Å². The van der Waals surface area contributed by atoms with Crippen molar-refractivity contribution in [1.82, 2.24) is 0 Å². The molecule has 1 unspecified atom stereocenters. The van der Waals surface area contributed by atoms with Gasteiger partial charge in [0.1, 0.15) is 13.2 Å². The predicted molar refractivity (Wildman–Crippen MR) is 335 cm³/mol. The maximum Gasteiger partial charge on any atom is 0.306 e. The molecule has 0 fully saturated rings. The summed E-state index contributed by atoms with van der Waals surface area (Å²) in [5.74, 6) is -0.842. The minimum atomic E-state index is -0.770. The molecule has 0 saturated heterocycles. The van der Waals surface area contributed by atoms with E-state index in [1.165, 1.54) is 302 Å². The highest BCUT2D eigenvalue weighted by Gasteiger charge is 2.19. The molecule has 0 amide bonds. The van der Waals surface area contributed by atoms with E-state index in [4.69, 9.17) is 14.2 Å². The Balaban J connectivity index is 4.15. The zero-order valence-corrected chi connectivity index (χ0v) is 52.5. The van der Waals surface area contributed by atoms with Crippen LogP contribution in [-0.4, -0.2) is 37.2 Å². The van der Waals surface area contributed by atoms with Crippen LogP contribution in [-0.2, 0) is 28.6 Å². The molecule has 0 spiro atoms. The number of carbonyl (C=O) groups is 3. The summed E-state index contributed by atoms with van der Waals surface area (Å²) in [6, 6.07) is 0. The fourth-order valence-electron chi connectivity index (χ4n) is 11.0. The SMILES string of the molecule is CCCCCCCCC/C=C\CCCCCCCC(=O)OC(COC(=O)CCCCCCCCCCCCCCCC)COC(=O)CCCCCCCCCCCCCCCCCCCCCCCCCCCCCCC. The molecule has 0 rings (SSSR count). The molecule has 0 aromatic carbocycles. The van der Waals surface area contributed by atoms with Crippen molar-refractivity contribution in [1.29, 1.82) is 0 Å². The molecular formula is C71H136O6. The summed E-state index contributed by atoms with van der Waals surface area (Å²) in [5.41, 5.74) is 0. The van der Waals surface area contributed by atoms with Gasteiger partial charge in [-0.1, -0.05) is 354 Å². The first-order chi connectivity index (χ1) is 38.0. The summed E-state index contributed by atoms with van der Waals surface area (Å²) >= 11 is 0. The first-order valence-corrected chi connectivity index (χ1v) is 35.2. The Labute approximate surface area is 481 Å². The summed E-state index contributed by atoms with van der Waals surface area (Å²) in [6.45, 7) is 6.72. The van der Waals surface area contributed by atoms with Crippen molar-refractivity contribution in [2.24, 2.45) is 0 Å². The van der Waals surface area contributed by atoms with Crippen LogP contribution in [0.5, 0.6) is 0 Å². The lowest BCUT2D eigenvalue weighted by molar-refractivity contribution is -0.167. The summed E-state index contributed by atoms with van der Waals surface area (Å²) in [5, 5.41) is 0. The summed E-state index contributed by atoms with van der Waals surface area (Å²) in [7, 11) is 0. The van der Waals surface area contributed by atoms with E-state index in [1.54, 1.807) is 0 Å². The van der Waals surface area contributed by atoms with Gasteiger partial charge < -0.3 is 14.2 Å². The maximum atomic E-state index is 12.9. The van der Waals surface area contributed by atoms with Gasteiger partial charge in [-0.05, 0) is 44.9 Å². The molecule has 6 heteroatoms. The van der Waals surface area contributed by atoms with Gasteiger partial charge in [-0.15, -0.1) is 0 Å². The summed E-state index contributed by atoms with van der Waals surface area (Å²) < 4.78 is 17.0. The molecule has 456 valence electrons. The topological polar surface area (TPSA) is 78.9 Å². The van der Waals surface area contributed by atoms with Crippen molar-refractivity contribution in [3.8, 4) is 0 Å². The molecule has 0 bridgehead atoms. The van der Waals surface area contributed by atoms with E-state index in [2.05, 4.69) is 32.9 Å². The van der Waals surface area contributed by atoms with E-state index >= 15 is 0 Å². The minimum Gasteiger partial charge on any atom is -0.462 e. The first kappa shape index (κ1) is 75.2. The average molecular weight is 1090 g/mol. The lowest BCUT2D eigenvalue weighted by Gasteiger charge is -2.18. The monoisotopic (exact) mass is 1090 g/mol. The zero-order valence-electron chi connectivity index (χ0n) is 52.5. The Bertz CT molecular complexity index is 1200. The molecule has 0 aromatic rings. The van der Waals surface area contributed by atoms with Crippen LogP contribution < -0.4 is 0 Å². The molecule has 0 heterocycles. The molecule has 77 heavy (non-hydrogen) atoms. The van der Waals surface area contributed by atoms with Crippen molar-refractivity contribution in [3.05, 3.63) is 12.2 Å². The smallest absolute Gasteiger partial charge is 0.306 e. The highest BCUT2D eigenvalue weighted by Crippen LogP contribution is 2.19. The molecule has 0 aliphatic carbocycles. The molecule has 0 saturated carbocycles. The van der Waals surface area contributed by atoms with Crippen LogP contribution in [0.4, 0.5) is 0 Å². The number of ether oxygens (including phenoxy) is 3. The van der Waals surface area contributed by atoms with Crippen molar-refractivity contribution in [3.63, 3.8) is 0 Å². The Morgan fingerprint density at radius 2 is 0.429 bits per heavy atom. The van der Waals surface area contributed by atoms with Gasteiger partial charge in [-0.25, -0.2) is 0 Å². The Hall–Kier alpha value is -1.85. The number of hydrogen-bond donors (Lipinski definition) is 0. The van der Waals surface area contributed by atoms with Crippen LogP contribution in [0, 0.1) is 0 Å². The van der Waals surface area contributed by atoms with E-state index in [1.807, 2.05) is 0 Å².